The van der Waals surface area contributed by atoms with E-state index in [1.807, 2.05) is 6.07 Å². The molecule has 0 spiro atoms. The van der Waals surface area contributed by atoms with E-state index >= 15 is 0 Å². The minimum absolute atomic E-state index is 0.00216. The predicted molar refractivity (Wildman–Crippen MR) is 119 cm³/mol. The molecule has 0 aliphatic carbocycles. The van der Waals surface area contributed by atoms with Gasteiger partial charge in [-0.15, -0.1) is 0 Å². The first-order valence-electron chi connectivity index (χ1n) is 9.32. The number of benzene rings is 3. The van der Waals surface area contributed by atoms with E-state index in [4.69, 9.17) is 12.2 Å². The Morgan fingerprint density at radius 1 is 0.778 bits per heavy atom. The van der Waals surface area contributed by atoms with Crippen molar-refractivity contribution in [2.45, 2.75) is 32.7 Å². The van der Waals surface area contributed by atoms with Crippen molar-refractivity contribution in [2.24, 2.45) is 0 Å². The quantitative estimate of drug-likeness (QED) is 0.520. The summed E-state index contributed by atoms with van der Waals surface area (Å²) in [4.78, 5) is 0. The highest BCUT2D eigenvalue weighted by molar-refractivity contribution is 7.80. The first kappa shape index (κ1) is 19.1. The van der Waals surface area contributed by atoms with Crippen LogP contribution in [-0.2, 0) is 0 Å². The lowest BCUT2D eigenvalue weighted by atomic mass is 9.95. The van der Waals surface area contributed by atoms with Crippen LogP contribution >= 0.6 is 12.2 Å². The first-order chi connectivity index (χ1) is 13.0. The van der Waals surface area contributed by atoms with E-state index in [1.54, 1.807) is 0 Å². The molecule has 0 aliphatic rings. The average Bonchev–Trinajstić information content (AvgIpc) is 2.68. The Bertz CT molecular complexity index is 886. The molecule has 0 saturated carbocycles. The van der Waals surface area contributed by atoms with E-state index in [0.717, 1.165) is 5.69 Å². The Labute approximate surface area is 167 Å². The molecule has 0 aromatic heterocycles. The molecule has 0 radical (unpaired) electrons. The van der Waals surface area contributed by atoms with Crippen LogP contribution in [0.3, 0.4) is 0 Å². The van der Waals surface area contributed by atoms with Crippen LogP contribution in [0.1, 0.15) is 48.1 Å². The summed E-state index contributed by atoms with van der Waals surface area (Å²) in [6, 6.07) is 27.3. The molecule has 0 saturated heterocycles. The van der Waals surface area contributed by atoms with Crippen LogP contribution < -0.4 is 10.6 Å². The van der Waals surface area contributed by atoms with E-state index in [9.17, 15) is 0 Å². The third kappa shape index (κ3) is 4.95. The lowest BCUT2D eigenvalue weighted by molar-refractivity contribution is 0.762. The predicted octanol–water partition coefficient (Wildman–Crippen LogP) is 6.19. The Hall–Kier alpha value is -2.65. The maximum absolute atomic E-state index is 5.62. The van der Waals surface area contributed by atoms with Crippen molar-refractivity contribution in [3.05, 3.63) is 101 Å². The van der Waals surface area contributed by atoms with E-state index in [0.29, 0.717) is 11.0 Å². The molecule has 138 valence electrons. The van der Waals surface area contributed by atoms with Crippen molar-refractivity contribution in [3.63, 3.8) is 0 Å². The molecule has 0 unspecified atom stereocenters. The molecule has 3 heteroatoms. The summed E-state index contributed by atoms with van der Waals surface area (Å²) in [5.41, 5.74) is 5.96. The van der Waals surface area contributed by atoms with Gasteiger partial charge in [0.15, 0.2) is 5.11 Å². The molecule has 0 bridgehead atoms. The van der Waals surface area contributed by atoms with Crippen molar-refractivity contribution >= 4 is 23.0 Å². The molecule has 0 heterocycles. The van der Waals surface area contributed by atoms with E-state index in [2.05, 4.69) is 104 Å². The molecule has 1 atom stereocenters. The Morgan fingerprint density at radius 2 is 1.41 bits per heavy atom. The molecular weight excluding hydrogens is 348 g/mol. The first-order valence-corrected chi connectivity index (χ1v) is 9.73. The molecule has 0 fully saturated rings. The lowest BCUT2D eigenvalue weighted by Gasteiger charge is -2.23. The van der Waals surface area contributed by atoms with Crippen LogP contribution in [-0.4, -0.2) is 5.11 Å². The zero-order chi connectivity index (χ0) is 19.2. The number of rotatable bonds is 5. The number of aryl methyl sites for hydroxylation is 1. The number of hydrogen-bond donors (Lipinski definition) is 2. The Morgan fingerprint density at radius 3 is 2.04 bits per heavy atom. The fourth-order valence-corrected chi connectivity index (χ4v) is 3.38. The van der Waals surface area contributed by atoms with Crippen LogP contribution in [0.5, 0.6) is 0 Å². The van der Waals surface area contributed by atoms with Crippen molar-refractivity contribution in [2.75, 3.05) is 5.32 Å². The zero-order valence-electron chi connectivity index (χ0n) is 16.1. The van der Waals surface area contributed by atoms with Gasteiger partial charge in [-0.1, -0.05) is 80.6 Å². The highest BCUT2D eigenvalue weighted by Crippen LogP contribution is 2.25. The minimum atomic E-state index is 0.00216. The molecule has 2 N–H and O–H groups in total. The third-order valence-corrected chi connectivity index (χ3v) is 4.96. The highest BCUT2D eigenvalue weighted by Gasteiger charge is 2.17. The smallest absolute Gasteiger partial charge is 0.171 e. The highest BCUT2D eigenvalue weighted by atomic mass is 32.1. The van der Waals surface area contributed by atoms with Gasteiger partial charge in [0.1, 0.15) is 0 Å². The second-order valence-corrected chi connectivity index (χ2v) is 7.48. The van der Waals surface area contributed by atoms with Gasteiger partial charge in [-0.05, 0) is 59.4 Å². The molecular formula is C24H26N2S. The summed E-state index contributed by atoms with van der Waals surface area (Å²) in [6.07, 6.45) is 0. The summed E-state index contributed by atoms with van der Waals surface area (Å²) in [5.74, 6) is 0.521. The fourth-order valence-electron chi connectivity index (χ4n) is 3.15. The summed E-state index contributed by atoms with van der Waals surface area (Å²) >= 11 is 5.62. The van der Waals surface area contributed by atoms with E-state index < -0.39 is 0 Å². The van der Waals surface area contributed by atoms with E-state index in [1.165, 1.54) is 22.3 Å². The topological polar surface area (TPSA) is 24.1 Å². The number of hydrogen-bond acceptors (Lipinski definition) is 1. The van der Waals surface area contributed by atoms with E-state index in [-0.39, 0.29) is 6.04 Å². The van der Waals surface area contributed by atoms with Crippen LogP contribution in [0.2, 0.25) is 0 Å². The van der Waals surface area contributed by atoms with Gasteiger partial charge >= 0.3 is 0 Å². The monoisotopic (exact) mass is 374 g/mol. The van der Waals surface area contributed by atoms with Crippen LogP contribution in [0, 0.1) is 6.92 Å². The van der Waals surface area contributed by atoms with Gasteiger partial charge in [0, 0.05) is 5.69 Å². The summed E-state index contributed by atoms with van der Waals surface area (Å²) in [7, 11) is 0. The standard InChI is InChI=1S/C24H26N2S/c1-17(2)19-13-15-21(16-14-19)25-24(27)26-23(20-10-5-4-6-11-20)22-12-8-7-9-18(22)3/h4-17,23H,1-3H3,(H2,25,26,27)/t23-/m0/s1. The van der Waals surface area contributed by atoms with Gasteiger partial charge in [-0.3, -0.25) is 0 Å². The molecule has 3 rings (SSSR count). The van der Waals surface area contributed by atoms with Crippen LogP contribution in [0.15, 0.2) is 78.9 Å². The fraction of sp³-hybridized carbons (Fsp3) is 0.208. The van der Waals surface area contributed by atoms with Crippen molar-refractivity contribution in [1.29, 1.82) is 0 Å². The van der Waals surface area contributed by atoms with Crippen LogP contribution in [0.4, 0.5) is 5.69 Å². The zero-order valence-corrected chi connectivity index (χ0v) is 16.9. The number of nitrogens with one attached hydrogen (secondary N) is 2. The number of anilines is 1. The third-order valence-electron chi connectivity index (χ3n) is 4.74. The SMILES string of the molecule is Cc1ccccc1[C@@H](NC(=S)Nc1ccc(C(C)C)cc1)c1ccccc1. The van der Waals surface area contributed by atoms with Crippen molar-refractivity contribution in [3.8, 4) is 0 Å². The molecule has 0 amide bonds. The van der Waals surface area contributed by atoms with Crippen molar-refractivity contribution in [1.82, 2.24) is 5.32 Å². The normalized spacial score (nSPS) is 11.9. The summed E-state index contributed by atoms with van der Waals surface area (Å²) in [5, 5.41) is 7.43. The largest absolute Gasteiger partial charge is 0.352 e. The average molecular weight is 375 g/mol. The van der Waals surface area contributed by atoms with Gasteiger partial charge in [-0.2, -0.15) is 0 Å². The van der Waals surface area contributed by atoms with Gasteiger partial charge in [-0.25, -0.2) is 0 Å². The maximum atomic E-state index is 5.62. The van der Waals surface area contributed by atoms with Gasteiger partial charge in [0.25, 0.3) is 0 Å². The van der Waals surface area contributed by atoms with Gasteiger partial charge in [0.2, 0.25) is 0 Å². The van der Waals surface area contributed by atoms with Gasteiger partial charge in [0.05, 0.1) is 6.04 Å². The Balaban J connectivity index is 1.80. The molecule has 2 nitrogen and oxygen atoms in total. The molecule has 27 heavy (non-hydrogen) atoms. The maximum Gasteiger partial charge on any atom is 0.171 e. The Kier molecular flexibility index (Phi) is 6.25. The van der Waals surface area contributed by atoms with Crippen LogP contribution in [0.25, 0.3) is 0 Å². The second-order valence-electron chi connectivity index (χ2n) is 7.08. The second kappa shape index (κ2) is 8.83. The number of thiocarbonyl (C=S) groups is 1. The lowest BCUT2D eigenvalue weighted by Crippen LogP contribution is -2.33. The minimum Gasteiger partial charge on any atom is -0.352 e. The summed E-state index contributed by atoms with van der Waals surface area (Å²) < 4.78 is 0. The molecule has 0 aliphatic heterocycles. The molecule has 3 aromatic rings. The summed E-state index contributed by atoms with van der Waals surface area (Å²) in [6.45, 7) is 6.52. The van der Waals surface area contributed by atoms with Gasteiger partial charge < -0.3 is 10.6 Å². The van der Waals surface area contributed by atoms with Crippen molar-refractivity contribution < 1.29 is 0 Å². The molecule has 3 aromatic carbocycles.